The van der Waals surface area contributed by atoms with Gasteiger partial charge in [-0.25, -0.2) is 4.79 Å². The van der Waals surface area contributed by atoms with Crippen molar-refractivity contribution in [3.8, 4) is 11.5 Å². The number of phenolic OH excluding ortho intramolecular Hbond substituents is 1. The van der Waals surface area contributed by atoms with Crippen LogP contribution in [0.4, 0.5) is 0 Å². The van der Waals surface area contributed by atoms with E-state index in [2.05, 4.69) is 6.92 Å². The van der Waals surface area contributed by atoms with Gasteiger partial charge in [0.15, 0.2) is 0 Å². The number of aliphatic hydroxyl groups excluding tert-OH is 1. The first-order chi connectivity index (χ1) is 14.0. The number of phenols is 2. The van der Waals surface area contributed by atoms with Crippen molar-refractivity contribution in [1.29, 1.82) is 0 Å². The van der Waals surface area contributed by atoms with Crippen LogP contribution in [0.5, 0.6) is 11.5 Å². The molecule has 0 saturated heterocycles. The smallest absolute Gasteiger partial charge is 0.339 e. The third-order valence-electron chi connectivity index (χ3n) is 5.52. The molecule has 0 spiro atoms. The van der Waals surface area contributed by atoms with Crippen LogP contribution >= 0.6 is 0 Å². The number of aryl methyl sites for hydroxylation is 1. The van der Waals surface area contributed by atoms with E-state index in [1.807, 2.05) is 0 Å². The number of rotatable bonds is 17. The van der Waals surface area contributed by atoms with Crippen LogP contribution in [0.3, 0.4) is 0 Å². The monoisotopic (exact) mass is 408 g/mol. The van der Waals surface area contributed by atoms with E-state index < -0.39 is 5.97 Å². The van der Waals surface area contributed by atoms with Crippen LogP contribution in [0.1, 0.15) is 113 Å². The standard InChI is InChI=1S/C24H40O5/c1-2-3-11-15-20(25)16-13-10-8-6-4-5-7-9-12-14-19-17-21(26)18-22(27)23(19)24(28)29/h17-18,20,25-27H,2-16H2,1H3,(H,28,29)/t20-/m0/s1. The van der Waals surface area contributed by atoms with E-state index in [0.29, 0.717) is 12.0 Å². The predicted octanol–water partition coefficient (Wildman–Crippen LogP) is 6.18. The average molecular weight is 409 g/mol. The molecular formula is C24H40O5. The third-order valence-corrected chi connectivity index (χ3v) is 5.52. The second-order valence-electron chi connectivity index (χ2n) is 8.17. The molecule has 0 aliphatic carbocycles. The van der Waals surface area contributed by atoms with Gasteiger partial charge in [-0.2, -0.15) is 0 Å². The van der Waals surface area contributed by atoms with Crippen LogP contribution in [0.15, 0.2) is 12.1 Å². The number of carbonyl (C=O) groups is 1. The van der Waals surface area contributed by atoms with Crippen LogP contribution in [-0.4, -0.2) is 32.5 Å². The highest BCUT2D eigenvalue weighted by molar-refractivity contribution is 5.92. The third kappa shape index (κ3) is 11.1. The van der Waals surface area contributed by atoms with Gasteiger partial charge in [0.2, 0.25) is 0 Å². The first-order valence-corrected chi connectivity index (χ1v) is 11.4. The molecule has 5 heteroatoms. The van der Waals surface area contributed by atoms with Crippen molar-refractivity contribution in [2.45, 2.75) is 109 Å². The van der Waals surface area contributed by atoms with Crippen molar-refractivity contribution in [2.24, 2.45) is 0 Å². The molecule has 29 heavy (non-hydrogen) atoms. The summed E-state index contributed by atoms with van der Waals surface area (Å²) in [6, 6.07) is 2.50. The summed E-state index contributed by atoms with van der Waals surface area (Å²) in [6.45, 7) is 2.18. The SMILES string of the molecule is CCCCC[C@H](O)CCCCCCCCCCCc1cc(O)cc(O)c1C(=O)O. The van der Waals surface area contributed by atoms with Crippen molar-refractivity contribution < 1.29 is 25.2 Å². The lowest BCUT2D eigenvalue weighted by atomic mass is 9.99. The first-order valence-electron chi connectivity index (χ1n) is 11.4. The number of unbranched alkanes of at least 4 members (excludes halogenated alkanes) is 10. The lowest BCUT2D eigenvalue weighted by Gasteiger charge is -2.10. The molecule has 0 aliphatic rings. The molecule has 0 bridgehead atoms. The Morgan fingerprint density at radius 2 is 1.34 bits per heavy atom. The quantitative estimate of drug-likeness (QED) is 0.231. The van der Waals surface area contributed by atoms with E-state index in [0.717, 1.165) is 51.0 Å². The largest absolute Gasteiger partial charge is 0.508 e. The molecule has 0 aliphatic heterocycles. The maximum Gasteiger partial charge on any atom is 0.339 e. The Hall–Kier alpha value is -1.75. The van der Waals surface area contributed by atoms with Gasteiger partial charge in [-0.3, -0.25) is 0 Å². The highest BCUT2D eigenvalue weighted by Crippen LogP contribution is 2.28. The summed E-state index contributed by atoms with van der Waals surface area (Å²) < 4.78 is 0. The van der Waals surface area contributed by atoms with Crippen molar-refractivity contribution in [2.75, 3.05) is 0 Å². The summed E-state index contributed by atoms with van der Waals surface area (Å²) in [4.78, 5) is 11.3. The maximum absolute atomic E-state index is 11.3. The van der Waals surface area contributed by atoms with Gasteiger partial charge in [0, 0.05) is 6.07 Å². The van der Waals surface area contributed by atoms with Crippen molar-refractivity contribution >= 4 is 5.97 Å². The lowest BCUT2D eigenvalue weighted by Crippen LogP contribution is -2.05. The normalized spacial score (nSPS) is 12.2. The van der Waals surface area contributed by atoms with E-state index in [1.54, 1.807) is 0 Å². The van der Waals surface area contributed by atoms with Gasteiger partial charge in [0.05, 0.1) is 6.10 Å². The number of carboxylic acids is 1. The Balaban J connectivity index is 2.04. The van der Waals surface area contributed by atoms with E-state index >= 15 is 0 Å². The zero-order valence-electron chi connectivity index (χ0n) is 18.0. The zero-order chi connectivity index (χ0) is 21.5. The van der Waals surface area contributed by atoms with E-state index in [4.69, 9.17) is 0 Å². The maximum atomic E-state index is 11.3. The molecule has 1 aromatic carbocycles. The number of carboxylic acid groups (broad SMARTS) is 1. The molecule has 1 atom stereocenters. The summed E-state index contributed by atoms with van der Waals surface area (Å²) >= 11 is 0. The molecule has 0 amide bonds. The van der Waals surface area contributed by atoms with Crippen LogP contribution in [0.2, 0.25) is 0 Å². The summed E-state index contributed by atoms with van der Waals surface area (Å²) in [5, 5.41) is 38.4. The van der Waals surface area contributed by atoms with Crippen LogP contribution < -0.4 is 0 Å². The Bertz CT molecular complexity index is 585. The molecule has 0 heterocycles. The summed E-state index contributed by atoms with van der Waals surface area (Å²) in [5.74, 6) is -1.64. The van der Waals surface area contributed by atoms with Crippen LogP contribution in [-0.2, 0) is 6.42 Å². The number of hydrogen-bond acceptors (Lipinski definition) is 4. The van der Waals surface area contributed by atoms with Gasteiger partial charge >= 0.3 is 5.97 Å². The number of hydrogen-bond donors (Lipinski definition) is 4. The minimum absolute atomic E-state index is 0.0988. The van der Waals surface area contributed by atoms with Gasteiger partial charge in [-0.1, -0.05) is 77.6 Å². The molecule has 5 nitrogen and oxygen atoms in total. The Morgan fingerprint density at radius 1 is 0.828 bits per heavy atom. The minimum atomic E-state index is -1.16. The molecule has 0 saturated carbocycles. The van der Waals surface area contributed by atoms with Crippen LogP contribution in [0.25, 0.3) is 0 Å². The van der Waals surface area contributed by atoms with Crippen molar-refractivity contribution in [3.63, 3.8) is 0 Å². The number of aromatic carboxylic acids is 1. The number of aromatic hydroxyl groups is 2. The van der Waals surface area contributed by atoms with Crippen LogP contribution in [0, 0.1) is 0 Å². The fourth-order valence-electron chi connectivity index (χ4n) is 3.82. The molecular weight excluding hydrogens is 368 g/mol. The van der Waals surface area contributed by atoms with Gasteiger partial charge in [-0.15, -0.1) is 0 Å². The zero-order valence-corrected chi connectivity index (χ0v) is 18.0. The molecule has 1 rings (SSSR count). The highest BCUT2D eigenvalue weighted by atomic mass is 16.4. The molecule has 0 radical (unpaired) electrons. The van der Waals surface area contributed by atoms with Gasteiger partial charge in [-0.05, 0) is 37.3 Å². The minimum Gasteiger partial charge on any atom is -0.508 e. The summed E-state index contributed by atoms with van der Waals surface area (Å²) in [6.07, 6.45) is 16.0. The van der Waals surface area contributed by atoms with E-state index in [9.17, 15) is 25.2 Å². The fourth-order valence-corrected chi connectivity index (χ4v) is 3.82. The fraction of sp³-hybridized carbons (Fsp3) is 0.708. The molecule has 0 fully saturated rings. The lowest BCUT2D eigenvalue weighted by molar-refractivity contribution is 0.0692. The first kappa shape index (κ1) is 25.3. The number of aliphatic hydroxyl groups is 1. The molecule has 0 aromatic heterocycles. The molecule has 1 aromatic rings. The van der Waals surface area contributed by atoms with E-state index in [1.165, 1.54) is 51.0 Å². The second-order valence-corrected chi connectivity index (χ2v) is 8.17. The predicted molar refractivity (Wildman–Crippen MR) is 117 cm³/mol. The molecule has 0 unspecified atom stereocenters. The Morgan fingerprint density at radius 3 is 1.90 bits per heavy atom. The summed E-state index contributed by atoms with van der Waals surface area (Å²) in [5.41, 5.74) is 0.394. The molecule has 4 N–H and O–H groups in total. The average Bonchev–Trinajstić information content (AvgIpc) is 2.65. The van der Waals surface area contributed by atoms with Crippen molar-refractivity contribution in [3.05, 3.63) is 23.3 Å². The summed E-state index contributed by atoms with van der Waals surface area (Å²) in [7, 11) is 0. The Kier molecular flexibility index (Phi) is 13.2. The Labute approximate surface area is 175 Å². The number of benzene rings is 1. The topological polar surface area (TPSA) is 98.0 Å². The second kappa shape index (κ2) is 15.1. The van der Waals surface area contributed by atoms with Crippen molar-refractivity contribution in [1.82, 2.24) is 0 Å². The van der Waals surface area contributed by atoms with Gasteiger partial charge in [0.1, 0.15) is 17.1 Å². The van der Waals surface area contributed by atoms with E-state index in [-0.39, 0.29) is 23.2 Å². The molecule has 166 valence electrons. The highest BCUT2D eigenvalue weighted by Gasteiger charge is 2.16. The van der Waals surface area contributed by atoms with Gasteiger partial charge in [0.25, 0.3) is 0 Å². The van der Waals surface area contributed by atoms with Gasteiger partial charge < -0.3 is 20.4 Å².